The maximum absolute atomic E-state index is 6.15. The molecule has 0 saturated carbocycles. The number of aliphatic imine (C=N–C) groups is 1. The summed E-state index contributed by atoms with van der Waals surface area (Å²) in [7, 11) is 5.96. The minimum absolute atomic E-state index is 0.293. The second kappa shape index (κ2) is 12.9. The number of hydrogen-bond acceptors (Lipinski definition) is 5. The van der Waals surface area contributed by atoms with Crippen LogP contribution in [-0.2, 0) is 16.0 Å². The molecule has 0 bridgehead atoms. The Kier molecular flexibility index (Phi) is 9.90. The van der Waals surface area contributed by atoms with Crippen LogP contribution in [0.15, 0.2) is 29.3 Å². The van der Waals surface area contributed by atoms with Crippen LogP contribution in [0.25, 0.3) is 0 Å². The molecule has 2 aliphatic rings. The molecule has 31 heavy (non-hydrogen) atoms. The molecule has 1 N–H and O–H groups in total. The number of rotatable bonds is 9. The number of piperidine rings is 1. The Labute approximate surface area is 187 Å². The highest BCUT2D eigenvalue weighted by Crippen LogP contribution is 2.20. The first-order chi connectivity index (χ1) is 15.2. The van der Waals surface area contributed by atoms with Crippen molar-refractivity contribution in [3.8, 4) is 5.75 Å². The Bertz CT molecular complexity index is 669. The predicted octanol–water partition coefficient (Wildman–Crippen LogP) is 2.75. The maximum atomic E-state index is 6.15. The van der Waals surface area contributed by atoms with Crippen LogP contribution in [0.4, 0.5) is 0 Å². The summed E-state index contributed by atoms with van der Waals surface area (Å²) >= 11 is 0. The van der Waals surface area contributed by atoms with Gasteiger partial charge >= 0.3 is 0 Å². The highest BCUT2D eigenvalue weighted by Gasteiger charge is 2.23. The Morgan fingerprint density at radius 2 is 2.00 bits per heavy atom. The van der Waals surface area contributed by atoms with E-state index < -0.39 is 0 Å². The average Bonchev–Trinajstić information content (AvgIpc) is 2.80. The molecule has 0 spiro atoms. The van der Waals surface area contributed by atoms with E-state index in [2.05, 4.69) is 46.3 Å². The van der Waals surface area contributed by atoms with Gasteiger partial charge in [0.25, 0.3) is 0 Å². The number of hydrogen-bond donors (Lipinski definition) is 1. The third-order valence-corrected chi connectivity index (χ3v) is 5.95. The van der Waals surface area contributed by atoms with Gasteiger partial charge in [-0.2, -0.15) is 0 Å². The molecule has 2 saturated heterocycles. The van der Waals surface area contributed by atoms with Crippen LogP contribution < -0.4 is 10.1 Å². The summed E-state index contributed by atoms with van der Waals surface area (Å²) < 4.78 is 17.9. The van der Waals surface area contributed by atoms with Gasteiger partial charge in [-0.15, -0.1) is 0 Å². The predicted molar refractivity (Wildman–Crippen MR) is 125 cm³/mol. The van der Waals surface area contributed by atoms with E-state index in [4.69, 9.17) is 14.2 Å². The minimum Gasteiger partial charge on any atom is -0.492 e. The molecule has 3 rings (SSSR count). The van der Waals surface area contributed by atoms with Crippen molar-refractivity contribution in [2.45, 2.75) is 50.9 Å². The van der Waals surface area contributed by atoms with Gasteiger partial charge in [0.15, 0.2) is 5.96 Å². The van der Waals surface area contributed by atoms with Crippen molar-refractivity contribution in [2.24, 2.45) is 4.99 Å². The number of benzene rings is 1. The summed E-state index contributed by atoms with van der Waals surface area (Å²) in [6.07, 6.45) is 6.25. The molecule has 1 unspecified atom stereocenters. The van der Waals surface area contributed by atoms with Crippen molar-refractivity contribution in [1.29, 1.82) is 0 Å². The second-order valence-corrected chi connectivity index (χ2v) is 8.67. The molecule has 174 valence electrons. The van der Waals surface area contributed by atoms with Gasteiger partial charge in [-0.1, -0.05) is 18.2 Å². The van der Waals surface area contributed by atoms with Crippen LogP contribution in [-0.4, -0.2) is 88.6 Å². The van der Waals surface area contributed by atoms with Gasteiger partial charge < -0.3 is 29.3 Å². The zero-order valence-corrected chi connectivity index (χ0v) is 19.5. The summed E-state index contributed by atoms with van der Waals surface area (Å²) in [6.45, 7) is 5.81. The smallest absolute Gasteiger partial charge is 0.193 e. The van der Waals surface area contributed by atoms with E-state index >= 15 is 0 Å². The number of nitrogens with one attached hydrogen (secondary N) is 1. The minimum atomic E-state index is 0.293. The summed E-state index contributed by atoms with van der Waals surface area (Å²) in [5, 5.41) is 3.52. The fourth-order valence-electron chi connectivity index (χ4n) is 4.05. The largest absolute Gasteiger partial charge is 0.492 e. The lowest BCUT2D eigenvalue weighted by Crippen LogP contribution is -2.47. The highest BCUT2D eigenvalue weighted by atomic mass is 16.5. The molecule has 0 amide bonds. The summed E-state index contributed by atoms with van der Waals surface area (Å²) in [4.78, 5) is 8.96. The van der Waals surface area contributed by atoms with Gasteiger partial charge in [-0.25, -0.2) is 0 Å². The normalized spacial score (nSPS) is 20.8. The van der Waals surface area contributed by atoms with Crippen LogP contribution in [0.3, 0.4) is 0 Å². The maximum Gasteiger partial charge on any atom is 0.193 e. The number of nitrogens with zero attached hydrogens (tertiary/aromatic N) is 3. The van der Waals surface area contributed by atoms with E-state index in [1.54, 1.807) is 0 Å². The number of likely N-dealkylation sites (tertiary alicyclic amines) is 1. The van der Waals surface area contributed by atoms with Crippen molar-refractivity contribution in [3.05, 3.63) is 29.8 Å². The molecule has 1 aromatic rings. The number of guanidine groups is 1. The van der Waals surface area contributed by atoms with Gasteiger partial charge in [0, 0.05) is 45.4 Å². The summed E-state index contributed by atoms with van der Waals surface area (Å²) in [5.74, 6) is 1.88. The van der Waals surface area contributed by atoms with E-state index in [0.29, 0.717) is 25.4 Å². The van der Waals surface area contributed by atoms with E-state index in [1.165, 1.54) is 12.8 Å². The molecule has 0 aliphatic carbocycles. The fraction of sp³-hybridized carbons (Fsp3) is 0.708. The highest BCUT2D eigenvalue weighted by molar-refractivity contribution is 5.80. The van der Waals surface area contributed by atoms with Gasteiger partial charge in [-0.3, -0.25) is 4.99 Å². The first kappa shape index (κ1) is 23.8. The molecule has 7 nitrogen and oxygen atoms in total. The lowest BCUT2D eigenvalue weighted by Gasteiger charge is -2.35. The van der Waals surface area contributed by atoms with Crippen LogP contribution in [0.5, 0.6) is 5.75 Å². The zero-order chi connectivity index (χ0) is 21.9. The summed E-state index contributed by atoms with van der Waals surface area (Å²) in [5.41, 5.74) is 1.15. The monoisotopic (exact) mass is 432 g/mol. The topological polar surface area (TPSA) is 58.6 Å². The quantitative estimate of drug-likeness (QED) is 0.478. The number of para-hydroxylation sites is 1. The number of likely N-dealkylation sites (N-methyl/N-ethyl adjacent to an activating group) is 1. The summed E-state index contributed by atoms with van der Waals surface area (Å²) in [6, 6.07) is 8.22. The average molecular weight is 433 g/mol. The van der Waals surface area contributed by atoms with Gasteiger partial charge in [-0.05, 0) is 52.3 Å². The van der Waals surface area contributed by atoms with E-state index in [0.717, 1.165) is 69.4 Å². The second-order valence-electron chi connectivity index (χ2n) is 8.67. The van der Waals surface area contributed by atoms with Crippen molar-refractivity contribution >= 4 is 5.96 Å². The molecule has 2 aliphatic heterocycles. The van der Waals surface area contributed by atoms with E-state index in [-0.39, 0.29) is 0 Å². The number of ether oxygens (including phenoxy) is 3. The Morgan fingerprint density at radius 3 is 2.71 bits per heavy atom. The van der Waals surface area contributed by atoms with Gasteiger partial charge in [0.1, 0.15) is 12.4 Å². The fourth-order valence-corrected chi connectivity index (χ4v) is 4.05. The lowest BCUT2D eigenvalue weighted by atomic mass is 10.1. The Balaban J connectivity index is 1.42. The van der Waals surface area contributed by atoms with Crippen LogP contribution in [0, 0.1) is 0 Å². The van der Waals surface area contributed by atoms with Crippen molar-refractivity contribution < 1.29 is 14.2 Å². The molecule has 2 heterocycles. The molecule has 1 atom stereocenters. The lowest BCUT2D eigenvalue weighted by molar-refractivity contribution is -0.0721. The van der Waals surface area contributed by atoms with Gasteiger partial charge in [0.2, 0.25) is 0 Å². The third-order valence-electron chi connectivity index (χ3n) is 5.95. The van der Waals surface area contributed by atoms with Crippen LogP contribution in [0.2, 0.25) is 0 Å². The standard InChI is InChI=1S/C24H40N4O3/c1-25-24(26-18-20-8-4-5-10-23(20)30-17-15-27(2)3)28-13-11-21(12-14-28)31-19-22-9-6-7-16-29-22/h4-5,8,10,21-22H,6-7,9,11-19H2,1-3H3,(H,25,26). The Morgan fingerprint density at radius 1 is 1.19 bits per heavy atom. The van der Waals surface area contributed by atoms with E-state index in [9.17, 15) is 0 Å². The molecule has 0 aromatic heterocycles. The van der Waals surface area contributed by atoms with Gasteiger partial charge in [0.05, 0.1) is 18.8 Å². The molecule has 0 radical (unpaired) electrons. The first-order valence-electron chi connectivity index (χ1n) is 11.7. The SMILES string of the molecule is CN=C(NCc1ccccc1OCCN(C)C)N1CCC(OCC2CCCCO2)CC1. The van der Waals surface area contributed by atoms with E-state index in [1.807, 2.05) is 19.2 Å². The van der Waals surface area contributed by atoms with Crippen molar-refractivity contribution in [2.75, 3.05) is 60.6 Å². The Hall–Kier alpha value is -1.83. The molecular weight excluding hydrogens is 392 g/mol. The zero-order valence-electron chi connectivity index (χ0n) is 19.5. The van der Waals surface area contributed by atoms with Crippen LogP contribution in [0.1, 0.15) is 37.7 Å². The molecule has 2 fully saturated rings. The first-order valence-corrected chi connectivity index (χ1v) is 11.7. The molecule has 1 aromatic carbocycles. The third kappa shape index (κ3) is 7.98. The molecule has 7 heteroatoms. The molecular formula is C24H40N4O3. The van der Waals surface area contributed by atoms with Crippen LogP contribution >= 0.6 is 0 Å². The van der Waals surface area contributed by atoms with Crippen molar-refractivity contribution in [1.82, 2.24) is 15.1 Å². The van der Waals surface area contributed by atoms with Crippen molar-refractivity contribution in [3.63, 3.8) is 0 Å².